The molecule has 110 valence electrons. The Labute approximate surface area is 124 Å². The molecule has 6 heteroatoms. The number of piperidine rings is 1. The number of hydrogen-bond acceptors (Lipinski definition) is 4. The van der Waals surface area contributed by atoms with Gasteiger partial charge in [0.2, 0.25) is 0 Å². The third kappa shape index (κ3) is 3.22. The number of nitro groups is 1. The fourth-order valence-corrected chi connectivity index (χ4v) is 2.84. The first-order chi connectivity index (χ1) is 9.52. The van der Waals surface area contributed by atoms with Crippen LogP contribution in [0.25, 0.3) is 0 Å². The number of rotatable bonds is 4. The van der Waals surface area contributed by atoms with Gasteiger partial charge in [0.1, 0.15) is 5.69 Å². The van der Waals surface area contributed by atoms with Crippen molar-refractivity contribution in [2.75, 3.05) is 32.1 Å². The predicted octanol–water partition coefficient (Wildman–Crippen LogP) is 2.86. The van der Waals surface area contributed by atoms with Crippen LogP contribution in [0.4, 0.5) is 11.4 Å². The molecule has 1 aromatic rings. The van der Waals surface area contributed by atoms with Gasteiger partial charge in [-0.25, -0.2) is 0 Å². The second kappa shape index (κ2) is 6.41. The summed E-state index contributed by atoms with van der Waals surface area (Å²) in [5.41, 5.74) is 1.60. The Bertz CT molecular complexity index is 487. The molecule has 0 N–H and O–H groups in total. The molecule has 0 bridgehead atoms. The van der Waals surface area contributed by atoms with Crippen LogP contribution in [0.3, 0.4) is 0 Å². The van der Waals surface area contributed by atoms with Crippen molar-refractivity contribution in [3.05, 3.63) is 33.9 Å². The van der Waals surface area contributed by atoms with E-state index in [1.54, 1.807) is 6.07 Å². The zero-order valence-electron chi connectivity index (χ0n) is 11.9. The lowest BCUT2D eigenvalue weighted by Crippen LogP contribution is -2.42. The maximum atomic E-state index is 11.3. The van der Waals surface area contributed by atoms with Crippen LogP contribution in [-0.2, 0) is 5.88 Å². The molecular weight excluding hydrogens is 278 g/mol. The first kappa shape index (κ1) is 15.1. The number of anilines is 1. The molecule has 1 aromatic carbocycles. The standard InChI is InChI=1S/C14H20ClN3O2/c1-16-7-5-12(6-8-16)17(2)13-4-3-11(10-15)9-14(13)18(19)20/h3-4,9,12H,5-8,10H2,1-2H3. The lowest BCUT2D eigenvalue weighted by molar-refractivity contribution is -0.384. The van der Waals surface area contributed by atoms with Crippen molar-refractivity contribution in [1.82, 2.24) is 4.90 Å². The molecule has 0 unspecified atom stereocenters. The number of halogens is 1. The highest BCUT2D eigenvalue weighted by atomic mass is 35.5. The highest BCUT2D eigenvalue weighted by Gasteiger charge is 2.25. The smallest absolute Gasteiger partial charge is 0.292 e. The summed E-state index contributed by atoms with van der Waals surface area (Å²) >= 11 is 5.76. The average Bonchev–Trinajstić information content (AvgIpc) is 2.46. The summed E-state index contributed by atoms with van der Waals surface area (Å²) in [7, 11) is 4.05. The Morgan fingerprint density at radius 3 is 2.65 bits per heavy atom. The maximum absolute atomic E-state index is 11.3. The van der Waals surface area contributed by atoms with Crippen molar-refractivity contribution in [2.45, 2.75) is 24.8 Å². The summed E-state index contributed by atoms with van der Waals surface area (Å²) in [5, 5.41) is 11.3. The molecular formula is C14H20ClN3O2. The van der Waals surface area contributed by atoms with Crippen molar-refractivity contribution >= 4 is 23.0 Å². The summed E-state index contributed by atoms with van der Waals surface area (Å²) in [4.78, 5) is 15.3. The highest BCUT2D eigenvalue weighted by Crippen LogP contribution is 2.32. The molecule has 0 saturated carbocycles. The molecule has 5 nitrogen and oxygen atoms in total. The summed E-state index contributed by atoms with van der Waals surface area (Å²) in [5.74, 6) is 0.291. The lowest BCUT2D eigenvalue weighted by atomic mass is 10.0. The summed E-state index contributed by atoms with van der Waals surface area (Å²) in [6.07, 6.45) is 2.06. The van der Waals surface area contributed by atoms with Gasteiger partial charge in [0, 0.05) is 25.0 Å². The van der Waals surface area contributed by atoms with Crippen molar-refractivity contribution < 1.29 is 4.92 Å². The third-order valence-electron chi connectivity index (χ3n) is 4.01. The Morgan fingerprint density at radius 1 is 1.45 bits per heavy atom. The Morgan fingerprint density at radius 2 is 2.10 bits per heavy atom. The van der Waals surface area contributed by atoms with Crippen LogP contribution in [0.15, 0.2) is 18.2 Å². The molecule has 0 atom stereocenters. The van der Waals surface area contributed by atoms with Gasteiger partial charge in [-0.3, -0.25) is 10.1 Å². The Balaban J connectivity index is 2.24. The van der Waals surface area contributed by atoms with Crippen LogP contribution >= 0.6 is 11.6 Å². The van der Waals surface area contributed by atoms with Gasteiger partial charge in [0.05, 0.1) is 4.92 Å². The first-order valence-corrected chi connectivity index (χ1v) is 7.31. The number of hydrogen-bond donors (Lipinski definition) is 0. The summed E-state index contributed by atoms with van der Waals surface area (Å²) in [6.45, 7) is 2.06. The van der Waals surface area contributed by atoms with Crippen LogP contribution in [0.2, 0.25) is 0 Å². The molecule has 1 saturated heterocycles. The largest absolute Gasteiger partial charge is 0.366 e. The van der Waals surface area contributed by atoms with Crippen LogP contribution in [0, 0.1) is 10.1 Å². The topological polar surface area (TPSA) is 49.6 Å². The molecule has 20 heavy (non-hydrogen) atoms. The van der Waals surface area contributed by atoms with Crippen molar-refractivity contribution in [1.29, 1.82) is 0 Å². The SMILES string of the molecule is CN1CCC(N(C)c2ccc(CCl)cc2[N+](=O)[O-])CC1. The third-order valence-corrected chi connectivity index (χ3v) is 4.32. The molecule has 1 fully saturated rings. The second-order valence-electron chi connectivity index (χ2n) is 5.36. The summed E-state index contributed by atoms with van der Waals surface area (Å²) < 4.78 is 0. The average molecular weight is 298 g/mol. The Hall–Kier alpha value is -1.33. The zero-order valence-corrected chi connectivity index (χ0v) is 12.6. The number of alkyl halides is 1. The minimum absolute atomic E-state index is 0.143. The maximum Gasteiger partial charge on any atom is 0.292 e. The Kier molecular flexibility index (Phi) is 4.83. The molecule has 1 aliphatic rings. The fourth-order valence-electron chi connectivity index (χ4n) is 2.68. The van der Waals surface area contributed by atoms with Gasteiger partial charge in [-0.15, -0.1) is 11.6 Å². The molecule has 1 heterocycles. The second-order valence-corrected chi connectivity index (χ2v) is 5.63. The minimum Gasteiger partial charge on any atom is -0.366 e. The predicted molar refractivity (Wildman–Crippen MR) is 81.6 cm³/mol. The normalized spacial score (nSPS) is 17.1. The first-order valence-electron chi connectivity index (χ1n) is 6.77. The monoisotopic (exact) mass is 297 g/mol. The highest BCUT2D eigenvalue weighted by molar-refractivity contribution is 6.17. The van der Waals surface area contributed by atoms with Crippen molar-refractivity contribution in [2.24, 2.45) is 0 Å². The van der Waals surface area contributed by atoms with Gasteiger partial charge >= 0.3 is 0 Å². The van der Waals surface area contributed by atoms with Gasteiger partial charge in [-0.05, 0) is 44.6 Å². The number of nitrogens with zero attached hydrogens (tertiary/aromatic N) is 3. The van der Waals surface area contributed by atoms with E-state index < -0.39 is 0 Å². The van der Waals surface area contributed by atoms with E-state index in [0.29, 0.717) is 17.6 Å². The molecule has 2 rings (SSSR count). The van der Waals surface area contributed by atoms with E-state index >= 15 is 0 Å². The molecule has 0 aromatic heterocycles. The van der Waals surface area contributed by atoms with Gasteiger partial charge in [0.25, 0.3) is 5.69 Å². The van der Waals surface area contributed by atoms with Crippen LogP contribution in [-0.4, -0.2) is 43.0 Å². The van der Waals surface area contributed by atoms with Crippen molar-refractivity contribution in [3.8, 4) is 0 Å². The van der Waals surface area contributed by atoms with Crippen LogP contribution < -0.4 is 4.90 Å². The summed E-state index contributed by atoms with van der Waals surface area (Å²) in [6, 6.07) is 5.61. The molecule has 0 amide bonds. The number of nitro benzene ring substituents is 1. The van der Waals surface area contributed by atoms with Gasteiger partial charge in [-0.2, -0.15) is 0 Å². The van der Waals surface area contributed by atoms with E-state index in [1.807, 2.05) is 24.1 Å². The molecule has 0 radical (unpaired) electrons. The van der Waals surface area contributed by atoms with E-state index in [4.69, 9.17) is 11.6 Å². The lowest BCUT2D eigenvalue weighted by Gasteiger charge is -2.36. The number of benzene rings is 1. The van der Waals surface area contributed by atoms with E-state index in [2.05, 4.69) is 11.9 Å². The van der Waals surface area contributed by atoms with E-state index in [-0.39, 0.29) is 10.6 Å². The van der Waals surface area contributed by atoms with E-state index in [0.717, 1.165) is 31.5 Å². The van der Waals surface area contributed by atoms with Gasteiger partial charge in [0.15, 0.2) is 0 Å². The van der Waals surface area contributed by atoms with Crippen molar-refractivity contribution in [3.63, 3.8) is 0 Å². The van der Waals surface area contributed by atoms with E-state index in [1.165, 1.54) is 0 Å². The fraction of sp³-hybridized carbons (Fsp3) is 0.571. The molecule has 1 aliphatic heterocycles. The number of likely N-dealkylation sites (tertiary alicyclic amines) is 1. The molecule has 0 aliphatic carbocycles. The quantitative estimate of drug-likeness (QED) is 0.487. The minimum atomic E-state index is -0.323. The van der Waals surface area contributed by atoms with Gasteiger partial charge in [-0.1, -0.05) is 6.07 Å². The van der Waals surface area contributed by atoms with Crippen LogP contribution in [0.1, 0.15) is 18.4 Å². The molecule has 0 spiro atoms. The zero-order chi connectivity index (χ0) is 14.7. The van der Waals surface area contributed by atoms with E-state index in [9.17, 15) is 10.1 Å². The van der Waals surface area contributed by atoms with Gasteiger partial charge < -0.3 is 9.80 Å². The van der Waals surface area contributed by atoms with Crippen LogP contribution in [0.5, 0.6) is 0 Å².